The molecule has 0 radical (unpaired) electrons. The molecular formula is C20H23N3OS. The van der Waals surface area contributed by atoms with Crippen LogP contribution in [0.15, 0.2) is 52.3 Å². The van der Waals surface area contributed by atoms with Crippen LogP contribution in [0.5, 0.6) is 0 Å². The second-order valence-corrected chi connectivity index (χ2v) is 7.20. The minimum Gasteiger partial charge on any atom is -0.325 e. The molecule has 1 N–H and O–H groups in total. The zero-order valence-electron chi connectivity index (χ0n) is 14.9. The molecule has 5 heteroatoms. The Morgan fingerprint density at radius 3 is 2.60 bits per heavy atom. The second-order valence-electron chi connectivity index (χ2n) is 6.09. The van der Waals surface area contributed by atoms with Gasteiger partial charge in [-0.2, -0.15) is 5.26 Å². The standard InChI is InChI=1S/C20H23N3OS/c1-15-5-6-16(2)19(13-15)25-18-9-7-17(8-10-18)22-20(24)14-23(3)12-4-11-21/h5-10,13H,4,12,14H2,1-3H3,(H,22,24). The number of rotatable bonds is 7. The second kappa shape index (κ2) is 9.26. The monoisotopic (exact) mass is 353 g/mol. The molecule has 0 atom stereocenters. The molecule has 0 aliphatic heterocycles. The summed E-state index contributed by atoms with van der Waals surface area (Å²) in [5.41, 5.74) is 3.29. The van der Waals surface area contributed by atoms with Crippen LogP contribution >= 0.6 is 11.8 Å². The number of nitriles is 1. The predicted octanol–water partition coefficient (Wildman–Crippen LogP) is 4.24. The summed E-state index contributed by atoms with van der Waals surface area (Å²) in [6.07, 6.45) is 0.425. The number of hydrogen-bond donors (Lipinski definition) is 1. The Morgan fingerprint density at radius 1 is 1.20 bits per heavy atom. The average molecular weight is 353 g/mol. The van der Waals surface area contributed by atoms with Crippen LogP contribution < -0.4 is 5.32 Å². The van der Waals surface area contributed by atoms with Crippen molar-refractivity contribution < 1.29 is 4.79 Å². The largest absolute Gasteiger partial charge is 0.325 e. The van der Waals surface area contributed by atoms with Crippen molar-refractivity contribution in [2.45, 2.75) is 30.1 Å². The molecule has 2 rings (SSSR count). The topological polar surface area (TPSA) is 56.1 Å². The van der Waals surface area contributed by atoms with Crippen LogP contribution in [-0.4, -0.2) is 30.9 Å². The van der Waals surface area contributed by atoms with Crippen LogP contribution in [0.2, 0.25) is 0 Å². The lowest BCUT2D eigenvalue weighted by molar-refractivity contribution is -0.117. The first kappa shape index (κ1) is 19.0. The molecule has 0 spiro atoms. The van der Waals surface area contributed by atoms with Gasteiger partial charge in [0.05, 0.1) is 12.6 Å². The van der Waals surface area contributed by atoms with E-state index in [1.807, 2.05) is 36.2 Å². The molecule has 1 amide bonds. The minimum absolute atomic E-state index is 0.0737. The van der Waals surface area contributed by atoms with Gasteiger partial charge in [0.15, 0.2) is 0 Å². The molecule has 0 heterocycles. The molecule has 4 nitrogen and oxygen atoms in total. The molecule has 2 aromatic carbocycles. The van der Waals surface area contributed by atoms with Gasteiger partial charge >= 0.3 is 0 Å². The summed E-state index contributed by atoms with van der Waals surface area (Å²) in [5, 5.41) is 11.5. The van der Waals surface area contributed by atoms with Crippen LogP contribution in [0.4, 0.5) is 5.69 Å². The number of aryl methyl sites for hydroxylation is 2. The van der Waals surface area contributed by atoms with Gasteiger partial charge in [0.2, 0.25) is 5.91 Å². The molecule has 0 saturated carbocycles. The first-order chi connectivity index (χ1) is 12.0. The Hall–Kier alpha value is -2.29. The maximum atomic E-state index is 12.0. The van der Waals surface area contributed by atoms with E-state index in [0.29, 0.717) is 13.0 Å². The van der Waals surface area contributed by atoms with Crippen LogP contribution in [0.1, 0.15) is 17.5 Å². The van der Waals surface area contributed by atoms with Gasteiger partial charge in [-0.3, -0.25) is 9.69 Å². The highest BCUT2D eigenvalue weighted by molar-refractivity contribution is 7.99. The van der Waals surface area contributed by atoms with E-state index >= 15 is 0 Å². The van der Waals surface area contributed by atoms with Crippen molar-refractivity contribution in [3.63, 3.8) is 0 Å². The fourth-order valence-electron chi connectivity index (χ4n) is 2.32. The fourth-order valence-corrected chi connectivity index (χ4v) is 3.32. The molecule has 130 valence electrons. The van der Waals surface area contributed by atoms with Crippen molar-refractivity contribution in [1.29, 1.82) is 5.26 Å². The molecular weight excluding hydrogens is 330 g/mol. The number of carbonyl (C=O) groups excluding carboxylic acids is 1. The van der Waals surface area contributed by atoms with Gasteiger partial charge in [0.1, 0.15) is 0 Å². The molecule has 0 aliphatic rings. The number of nitrogens with zero attached hydrogens (tertiary/aromatic N) is 2. The van der Waals surface area contributed by atoms with Crippen molar-refractivity contribution in [3.8, 4) is 6.07 Å². The molecule has 0 saturated heterocycles. The lowest BCUT2D eigenvalue weighted by Crippen LogP contribution is -2.30. The van der Waals surface area contributed by atoms with Crippen molar-refractivity contribution in [2.24, 2.45) is 0 Å². The third-order valence-corrected chi connectivity index (χ3v) is 4.90. The normalized spacial score (nSPS) is 10.5. The smallest absolute Gasteiger partial charge is 0.238 e. The molecule has 0 fully saturated rings. The van der Waals surface area contributed by atoms with Crippen molar-refractivity contribution in [3.05, 3.63) is 53.6 Å². The SMILES string of the molecule is Cc1ccc(C)c(Sc2ccc(NC(=O)CN(C)CCC#N)cc2)c1. The molecule has 0 bridgehead atoms. The Kier molecular flexibility index (Phi) is 7.05. The van der Waals surface area contributed by atoms with Crippen molar-refractivity contribution in [2.75, 3.05) is 25.5 Å². The van der Waals surface area contributed by atoms with E-state index < -0.39 is 0 Å². The zero-order chi connectivity index (χ0) is 18.2. The van der Waals surface area contributed by atoms with Crippen LogP contribution in [-0.2, 0) is 4.79 Å². The summed E-state index contributed by atoms with van der Waals surface area (Å²) < 4.78 is 0. The van der Waals surface area contributed by atoms with Crippen LogP contribution in [0, 0.1) is 25.2 Å². The summed E-state index contributed by atoms with van der Waals surface area (Å²) in [5.74, 6) is -0.0737. The summed E-state index contributed by atoms with van der Waals surface area (Å²) in [7, 11) is 1.83. The highest BCUT2D eigenvalue weighted by Crippen LogP contribution is 2.31. The summed E-state index contributed by atoms with van der Waals surface area (Å²) in [6.45, 7) is 5.07. The molecule has 2 aromatic rings. The predicted molar refractivity (Wildman–Crippen MR) is 103 cm³/mol. The molecule has 25 heavy (non-hydrogen) atoms. The highest BCUT2D eigenvalue weighted by Gasteiger charge is 2.07. The van der Waals surface area contributed by atoms with E-state index in [9.17, 15) is 4.79 Å². The number of carbonyl (C=O) groups is 1. The first-order valence-electron chi connectivity index (χ1n) is 8.18. The summed E-state index contributed by atoms with van der Waals surface area (Å²) >= 11 is 1.72. The maximum absolute atomic E-state index is 12.0. The van der Waals surface area contributed by atoms with Gasteiger partial charge in [0.25, 0.3) is 0 Å². The summed E-state index contributed by atoms with van der Waals surface area (Å²) in [4.78, 5) is 16.2. The number of benzene rings is 2. The van der Waals surface area contributed by atoms with Gasteiger partial charge in [-0.1, -0.05) is 23.9 Å². The Morgan fingerprint density at radius 2 is 1.92 bits per heavy atom. The van der Waals surface area contributed by atoms with Crippen molar-refractivity contribution >= 4 is 23.4 Å². The molecule has 0 aliphatic carbocycles. The van der Waals surface area contributed by atoms with E-state index in [0.717, 1.165) is 10.6 Å². The zero-order valence-corrected chi connectivity index (χ0v) is 15.7. The molecule has 0 unspecified atom stereocenters. The summed E-state index contributed by atoms with van der Waals surface area (Å²) in [6, 6.07) is 16.4. The maximum Gasteiger partial charge on any atom is 0.238 e. The number of nitrogens with one attached hydrogen (secondary N) is 1. The Balaban J connectivity index is 1.92. The lowest BCUT2D eigenvalue weighted by Gasteiger charge is -2.14. The van der Waals surface area contributed by atoms with Crippen LogP contribution in [0.25, 0.3) is 0 Å². The quantitative estimate of drug-likeness (QED) is 0.809. The van der Waals surface area contributed by atoms with Gasteiger partial charge < -0.3 is 5.32 Å². The van der Waals surface area contributed by atoms with Gasteiger partial charge in [0, 0.05) is 28.4 Å². The Bertz CT molecular complexity index is 766. The number of likely N-dealkylation sites (N-methyl/N-ethyl adjacent to an activating group) is 1. The third-order valence-electron chi connectivity index (χ3n) is 3.73. The van der Waals surface area contributed by atoms with E-state index in [2.05, 4.69) is 43.4 Å². The number of anilines is 1. The van der Waals surface area contributed by atoms with Gasteiger partial charge in [-0.25, -0.2) is 0 Å². The third kappa shape index (κ3) is 6.26. The van der Waals surface area contributed by atoms with Gasteiger partial charge in [-0.15, -0.1) is 0 Å². The highest BCUT2D eigenvalue weighted by atomic mass is 32.2. The lowest BCUT2D eigenvalue weighted by atomic mass is 10.2. The van der Waals surface area contributed by atoms with E-state index in [1.54, 1.807) is 11.8 Å². The average Bonchev–Trinajstić information content (AvgIpc) is 2.58. The fraction of sp³-hybridized carbons (Fsp3) is 0.300. The minimum atomic E-state index is -0.0737. The first-order valence-corrected chi connectivity index (χ1v) is 9.00. The van der Waals surface area contributed by atoms with Crippen molar-refractivity contribution in [1.82, 2.24) is 4.90 Å². The van der Waals surface area contributed by atoms with E-state index in [4.69, 9.17) is 5.26 Å². The molecule has 0 aromatic heterocycles. The van der Waals surface area contributed by atoms with Crippen LogP contribution in [0.3, 0.4) is 0 Å². The Labute approximate surface area is 153 Å². The van der Waals surface area contributed by atoms with E-state index in [-0.39, 0.29) is 12.5 Å². The number of hydrogen-bond acceptors (Lipinski definition) is 4. The number of amides is 1. The van der Waals surface area contributed by atoms with Gasteiger partial charge in [-0.05, 0) is 62.4 Å². The van der Waals surface area contributed by atoms with E-state index in [1.165, 1.54) is 16.0 Å².